The van der Waals surface area contributed by atoms with E-state index in [2.05, 4.69) is 26.8 Å². The zero-order valence-electron chi connectivity index (χ0n) is 28.0. The highest BCUT2D eigenvalue weighted by atomic mass is 19.1. The summed E-state index contributed by atoms with van der Waals surface area (Å²) in [5.41, 5.74) is 4.85. The molecule has 250 valence electrons. The number of nitrogens with zero attached hydrogens (tertiary/aromatic N) is 5. The Labute approximate surface area is 283 Å². The predicted molar refractivity (Wildman–Crippen MR) is 188 cm³/mol. The van der Waals surface area contributed by atoms with Crippen LogP contribution in [-0.2, 0) is 21.6 Å². The Hall–Kier alpha value is -5.42. The molecular weight excluding hydrogens is 621 g/mol. The number of carbonyl (C=O) groups is 1. The van der Waals surface area contributed by atoms with Crippen LogP contribution in [0.4, 0.5) is 15.9 Å². The second-order valence-corrected chi connectivity index (χ2v) is 13.5. The van der Waals surface area contributed by atoms with Crippen LogP contribution in [0.25, 0.3) is 33.2 Å². The molecule has 11 heteroatoms. The molecule has 5 heterocycles. The number of halogens is 1. The Morgan fingerprint density at radius 3 is 2.63 bits per heavy atom. The van der Waals surface area contributed by atoms with E-state index in [4.69, 9.17) is 9.72 Å². The van der Waals surface area contributed by atoms with Gasteiger partial charge in [-0.3, -0.25) is 9.59 Å². The van der Waals surface area contributed by atoms with E-state index in [1.807, 2.05) is 62.0 Å². The Kier molecular flexibility index (Phi) is 8.45. The molecule has 7 rings (SSSR count). The minimum atomic E-state index is -0.611. The van der Waals surface area contributed by atoms with Gasteiger partial charge in [0.15, 0.2) is 5.65 Å². The molecule has 1 aliphatic rings. The van der Waals surface area contributed by atoms with Gasteiger partial charge in [-0.05, 0) is 84.3 Å². The van der Waals surface area contributed by atoms with Crippen molar-refractivity contribution >= 4 is 33.9 Å². The Balaban J connectivity index is 1.32. The molecule has 0 unspecified atom stereocenters. The van der Waals surface area contributed by atoms with Crippen LogP contribution in [0.3, 0.4) is 0 Å². The third-order valence-electron chi connectivity index (χ3n) is 9.16. The van der Waals surface area contributed by atoms with Gasteiger partial charge in [-0.15, -0.1) is 0 Å². The molecule has 1 saturated heterocycles. The average Bonchev–Trinajstić information content (AvgIpc) is 3.57. The molecule has 1 fully saturated rings. The number of fused-ring (bicyclic) bond motifs is 2. The first-order valence-electron chi connectivity index (χ1n) is 16.5. The maximum absolute atomic E-state index is 15.6. The number of imidazole rings is 1. The van der Waals surface area contributed by atoms with Gasteiger partial charge in [0.25, 0.3) is 5.56 Å². The number of rotatable bonds is 7. The van der Waals surface area contributed by atoms with E-state index in [0.717, 1.165) is 37.1 Å². The topological polar surface area (TPSA) is 115 Å². The van der Waals surface area contributed by atoms with E-state index in [1.54, 1.807) is 24.4 Å². The van der Waals surface area contributed by atoms with Gasteiger partial charge in [0.1, 0.15) is 18.2 Å². The van der Waals surface area contributed by atoms with Crippen molar-refractivity contribution in [2.24, 2.45) is 0 Å². The molecule has 0 saturated carbocycles. The van der Waals surface area contributed by atoms with Crippen molar-refractivity contribution in [2.45, 2.75) is 58.5 Å². The fourth-order valence-corrected chi connectivity index (χ4v) is 6.49. The molecule has 2 N–H and O–H groups in total. The molecule has 0 atom stereocenters. The van der Waals surface area contributed by atoms with Crippen molar-refractivity contribution in [1.29, 1.82) is 0 Å². The summed E-state index contributed by atoms with van der Waals surface area (Å²) in [6, 6.07) is 14.7. The van der Waals surface area contributed by atoms with Crippen molar-refractivity contribution < 1.29 is 13.9 Å². The first-order valence-corrected chi connectivity index (χ1v) is 16.5. The largest absolute Gasteiger partial charge is 0.461 e. The summed E-state index contributed by atoms with van der Waals surface area (Å²) in [6.45, 7) is 9.17. The number of aromatic nitrogens is 5. The van der Waals surface area contributed by atoms with Gasteiger partial charge in [-0.1, -0.05) is 39.0 Å². The highest BCUT2D eigenvalue weighted by Gasteiger charge is 2.22. The van der Waals surface area contributed by atoms with E-state index < -0.39 is 17.3 Å². The smallest absolute Gasteiger partial charge is 0.302 e. The van der Waals surface area contributed by atoms with Crippen molar-refractivity contribution in [1.82, 2.24) is 29.5 Å². The Morgan fingerprint density at radius 2 is 1.90 bits per heavy atom. The minimum Gasteiger partial charge on any atom is -0.461 e. The maximum atomic E-state index is 15.6. The molecule has 10 nitrogen and oxygen atoms in total. The number of nitrogens with one attached hydrogen (secondary N) is 2. The maximum Gasteiger partial charge on any atom is 0.302 e. The van der Waals surface area contributed by atoms with Gasteiger partial charge in [0.05, 0.1) is 23.0 Å². The van der Waals surface area contributed by atoms with Gasteiger partial charge < -0.3 is 19.8 Å². The summed E-state index contributed by atoms with van der Waals surface area (Å²) in [5, 5.41) is 11.7. The van der Waals surface area contributed by atoms with E-state index in [-0.39, 0.29) is 17.4 Å². The fourth-order valence-electron chi connectivity index (χ4n) is 6.49. The van der Waals surface area contributed by atoms with Crippen LogP contribution >= 0.6 is 0 Å². The van der Waals surface area contributed by atoms with E-state index in [9.17, 15) is 9.59 Å². The standard InChI is InChI=1S/C38H38FN7O3/c1-23(47)49-22-30-29(6-5-7-33(30)46-37(48)35-26(20-43-46)16-28(18-31(35)39)38(2,3)4)27-17-32(36-41-14-15-45(36)21-27)44-34-9-8-25(19-42-34)24-10-12-40-13-11-24/h5-9,14-21,24,40H,10-13,22H2,1-4H3,(H,42,44). The average molecular weight is 660 g/mol. The van der Waals surface area contributed by atoms with E-state index in [1.165, 1.54) is 29.4 Å². The number of piperidine rings is 1. The number of anilines is 2. The number of esters is 1. The summed E-state index contributed by atoms with van der Waals surface area (Å²) in [4.78, 5) is 35.2. The lowest BCUT2D eigenvalue weighted by Crippen LogP contribution is -2.26. The highest BCUT2D eigenvalue weighted by molar-refractivity contribution is 5.84. The summed E-state index contributed by atoms with van der Waals surface area (Å²) < 4.78 is 24.1. The minimum absolute atomic E-state index is 0.0585. The van der Waals surface area contributed by atoms with Gasteiger partial charge in [-0.25, -0.2) is 14.4 Å². The molecule has 49 heavy (non-hydrogen) atoms. The zero-order chi connectivity index (χ0) is 34.3. The molecule has 0 spiro atoms. The molecule has 0 radical (unpaired) electrons. The predicted octanol–water partition coefficient (Wildman–Crippen LogP) is 6.81. The summed E-state index contributed by atoms with van der Waals surface area (Å²) in [5.74, 6) is 0.0824. The Morgan fingerprint density at radius 1 is 1.08 bits per heavy atom. The van der Waals surface area contributed by atoms with Gasteiger partial charge in [0, 0.05) is 48.2 Å². The highest BCUT2D eigenvalue weighted by Crippen LogP contribution is 2.34. The first kappa shape index (κ1) is 32.1. The third-order valence-corrected chi connectivity index (χ3v) is 9.16. The number of pyridine rings is 2. The van der Waals surface area contributed by atoms with E-state index in [0.29, 0.717) is 45.3 Å². The molecule has 0 bridgehead atoms. The van der Waals surface area contributed by atoms with Crippen LogP contribution in [0.15, 0.2) is 84.3 Å². The quantitative estimate of drug-likeness (QED) is 0.180. The van der Waals surface area contributed by atoms with Gasteiger partial charge in [0.2, 0.25) is 0 Å². The fraction of sp³-hybridized carbons (Fsp3) is 0.289. The second-order valence-electron chi connectivity index (χ2n) is 13.5. The molecular formula is C38H38FN7O3. The number of ether oxygens (including phenoxy) is 1. The van der Waals surface area contributed by atoms with Gasteiger partial charge in [-0.2, -0.15) is 9.78 Å². The lowest BCUT2D eigenvalue weighted by molar-refractivity contribution is -0.142. The number of hydrogen-bond donors (Lipinski definition) is 2. The van der Waals surface area contributed by atoms with Crippen LogP contribution in [0, 0.1) is 5.82 Å². The second kappa shape index (κ2) is 12.9. The first-order chi connectivity index (χ1) is 23.6. The molecule has 4 aromatic heterocycles. The normalized spacial score (nSPS) is 14.0. The lowest BCUT2D eigenvalue weighted by Gasteiger charge is -2.22. The van der Waals surface area contributed by atoms with E-state index >= 15 is 4.39 Å². The van der Waals surface area contributed by atoms with Crippen molar-refractivity contribution in [3.8, 4) is 16.8 Å². The zero-order valence-corrected chi connectivity index (χ0v) is 28.0. The van der Waals surface area contributed by atoms with Crippen LogP contribution in [0.2, 0.25) is 0 Å². The molecule has 0 aliphatic carbocycles. The van der Waals surface area contributed by atoms with Crippen LogP contribution in [0.1, 0.15) is 63.1 Å². The molecule has 0 amide bonds. The van der Waals surface area contributed by atoms with Crippen molar-refractivity contribution in [3.63, 3.8) is 0 Å². The summed E-state index contributed by atoms with van der Waals surface area (Å²) >= 11 is 0. The molecule has 6 aromatic rings. The summed E-state index contributed by atoms with van der Waals surface area (Å²) in [7, 11) is 0. The lowest BCUT2D eigenvalue weighted by atomic mass is 9.86. The molecule has 1 aliphatic heterocycles. The van der Waals surface area contributed by atoms with Gasteiger partial charge >= 0.3 is 5.97 Å². The van der Waals surface area contributed by atoms with Crippen LogP contribution in [-0.4, -0.2) is 43.2 Å². The number of carbonyl (C=O) groups excluding carboxylic acids is 1. The SMILES string of the molecule is CC(=O)OCc1c(-c2cc(Nc3ccc(C4CCNCC4)cn3)c3nccn3c2)cccc1-n1ncc2cc(C(C)(C)C)cc(F)c2c1=O. The number of benzene rings is 2. The summed E-state index contributed by atoms with van der Waals surface area (Å²) in [6.07, 6.45) is 11.1. The number of hydrogen-bond acceptors (Lipinski definition) is 8. The Bertz CT molecular complexity index is 2250. The third kappa shape index (κ3) is 6.41. The van der Waals surface area contributed by atoms with Crippen LogP contribution < -0.4 is 16.2 Å². The molecule has 2 aromatic carbocycles. The van der Waals surface area contributed by atoms with Crippen molar-refractivity contribution in [3.05, 3.63) is 112 Å². The monoisotopic (exact) mass is 659 g/mol. The van der Waals surface area contributed by atoms with Crippen LogP contribution in [0.5, 0.6) is 0 Å². The van der Waals surface area contributed by atoms with Crippen molar-refractivity contribution in [2.75, 3.05) is 18.4 Å².